The first-order chi connectivity index (χ1) is 10.0. The first-order valence-corrected chi connectivity index (χ1v) is 6.21. The van der Waals surface area contributed by atoms with Crippen molar-refractivity contribution in [3.63, 3.8) is 0 Å². The molecule has 0 fully saturated rings. The molecule has 21 heavy (non-hydrogen) atoms. The van der Waals surface area contributed by atoms with E-state index in [-0.39, 0.29) is 23.0 Å². The maximum Gasteiger partial charge on any atom is 0.200 e. The number of ether oxygens (including phenoxy) is 2. The Balaban J connectivity index is 2.26. The second kappa shape index (κ2) is 6.13. The molecule has 0 saturated heterocycles. The lowest BCUT2D eigenvalue weighted by molar-refractivity contribution is 0.104. The normalized spacial score (nSPS) is 10.8. The van der Waals surface area contributed by atoms with Gasteiger partial charge >= 0.3 is 0 Å². The molecule has 1 aromatic heterocycles. The molecule has 6 nitrogen and oxygen atoms in total. The first kappa shape index (κ1) is 14.6. The lowest BCUT2D eigenvalue weighted by Crippen LogP contribution is -1.93. The predicted octanol–water partition coefficient (Wildman–Crippen LogP) is 2.04. The van der Waals surface area contributed by atoms with Gasteiger partial charge in [-0.2, -0.15) is 5.10 Å². The molecule has 0 bridgehead atoms. The third-order valence-corrected chi connectivity index (χ3v) is 2.92. The predicted molar refractivity (Wildman–Crippen MR) is 77.8 cm³/mol. The van der Waals surface area contributed by atoms with Gasteiger partial charge in [-0.3, -0.25) is 9.48 Å². The molecule has 0 aliphatic rings. The molecule has 0 aliphatic heterocycles. The number of carbonyl (C=O) groups is 1. The van der Waals surface area contributed by atoms with Gasteiger partial charge < -0.3 is 14.6 Å². The van der Waals surface area contributed by atoms with E-state index in [1.54, 1.807) is 36.1 Å². The van der Waals surface area contributed by atoms with Crippen molar-refractivity contribution in [3.05, 3.63) is 41.7 Å². The molecule has 1 aromatic carbocycles. The first-order valence-electron chi connectivity index (χ1n) is 6.21. The number of hydrogen-bond acceptors (Lipinski definition) is 5. The number of aromatic hydroxyl groups is 1. The van der Waals surface area contributed by atoms with E-state index in [9.17, 15) is 9.90 Å². The number of hydrogen-bond donors (Lipinski definition) is 1. The van der Waals surface area contributed by atoms with Crippen molar-refractivity contribution >= 4 is 11.9 Å². The number of carbonyl (C=O) groups excluding carboxylic acids is 1. The molecule has 0 saturated carbocycles. The highest BCUT2D eigenvalue weighted by atomic mass is 16.5. The Labute approximate surface area is 122 Å². The lowest BCUT2D eigenvalue weighted by Gasteiger charge is -2.09. The van der Waals surface area contributed by atoms with Crippen LogP contribution in [0.5, 0.6) is 17.2 Å². The molecule has 6 heteroatoms. The molecule has 0 aliphatic carbocycles. The van der Waals surface area contributed by atoms with Crippen molar-refractivity contribution in [3.8, 4) is 17.2 Å². The smallest absolute Gasteiger partial charge is 0.200 e. The largest absolute Gasteiger partial charge is 0.502 e. The summed E-state index contributed by atoms with van der Waals surface area (Å²) in [4.78, 5) is 12.0. The van der Waals surface area contributed by atoms with Crippen molar-refractivity contribution in [2.24, 2.45) is 7.05 Å². The van der Waals surface area contributed by atoms with Gasteiger partial charge in [0, 0.05) is 13.2 Å². The van der Waals surface area contributed by atoms with Crippen LogP contribution in [0.3, 0.4) is 0 Å². The number of methoxy groups -OCH3 is 2. The van der Waals surface area contributed by atoms with Gasteiger partial charge in [-0.15, -0.1) is 0 Å². The number of rotatable bonds is 5. The van der Waals surface area contributed by atoms with Gasteiger partial charge in [-0.25, -0.2) is 0 Å². The summed E-state index contributed by atoms with van der Waals surface area (Å²) in [6, 6.07) is 3.23. The highest BCUT2D eigenvalue weighted by molar-refractivity contribution is 6.06. The Morgan fingerprint density at radius 1 is 1.29 bits per heavy atom. The summed E-state index contributed by atoms with van der Waals surface area (Å²) in [5, 5.41) is 13.8. The van der Waals surface area contributed by atoms with Crippen molar-refractivity contribution in [2.75, 3.05) is 14.2 Å². The summed E-state index contributed by atoms with van der Waals surface area (Å²) in [6.45, 7) is 0. The maximum absolute atomic E-state index is 12.0. The second-order valence-corrected chi connectivity index (χ2v) is 4.37. The van der Waals surface area contributed by atoms with Crippen LogP contribution in [0.2, 0.25) is 0 Å². The molecule has 0 radical (unpaired) electrons. The number of phenolic OH excluding ortho intramolecular Hbond substituents is 1. The zero-order chi connectivity index (χ0) is 15.4. The van der Waals surface area contributed by atoms with Gasteiger partial charge in [0.2, 0.25) is 5.75 Å². The molecule has 0 amide bonds. The highest BCUT2D eigenvalue weighted by Crippen LogP contribution is 2.37. The average Bonchev–Trinajstić information content (AvgIpc) is 2.92. The van der Waals surface area contributed by atoms with Crippen LogP contribution in [0, 0.1) is 0 Å². The van der Waals surface area contributed by atoms with Crippen LogP contribution in [0.15, 0.2) is 30.6 Å². The number of phenols is 1. The Kier molecular flexibility index (Phi) is 4.27. The average molecular weight is 288 g/mol. The van der Waals surface area contributed by atoms with Crippen molar-refractivity contribution in [2.45, 2.75) is 0 Å². The SMILES string of the molecule is COc1cc(/C=C/C(=O)c2cnn(C)c2)cc(OC)c1O. The van der Waals surface area contributed by atoms with Crippen LogP contribution in [0.1, 0.15) is 15.9 Å². The standard InChI is InChI=1S/C15H16N2O4/c1-17-9-11(8-16-17)12(18)5-4-10-6-13(20-2)15(19)14(7-10)21-3/h4-9,19H,1-3H3/b5-4+. The van der Waals surface area contributed by atoms with Gasteiger partial charge in [-0.1, -0.05) is 6.08 Å². The van der Waals surface area contributed by atoms with E-state index in [2.05, 4.69) is 5.10 Å². The summed E-state index contributed by atoms with van der Waals surface area (Å²) >= 11 is 0. The Bertz CT molecular complexity index is 664. The summed E-state index contributed by atoms with van der Waals surface area (Å²) in [5.41, 5.74) is 1.19. The zero-order valence-corrected chi connectivity index (χ0v) is 12.0. The molecule has 2 rings (SSSR count). The monoisotopic (exact) mass is 288 g/mol. The quantitative estimate of drug-likeness (QED) is 0.673. The van der Waals surface area contributed by atoms with Crippen molar-refractivity contribution < 1.29 is 19.4 Å². The van der Waals surface area contributed by atoms with E-state index in [0.717, 1.165) is 0 Å². The van der Waals surface area contributed by atoms with E-state index >= 15 is 0 Å². The third-order valence-electron chi connectivity index (χ3n) is 2.92. The number of benzene rings is 1. The fourth-order valence-electron chi connectivity index (χ4n) is 1.83. The fraction of sp³-hybridized carbons (Fsp3) is 0.200. The fourth-order valence-corrected chi connectivity index (χ4v) is 1.83. The van der Waals surface area contributed by atoms with Crippen LogP contribution < -0.4 is 9.47 Å². The molecule has 2 aromatic rings. The Morgan fingerprint density at radius 3 is 2.38 bits per heavy atom. The molecule has 1 N–H and O–H groups in total. The molecule has 110 valence electrons. The number of aryl methyl sites for hydroxylation is 1. The topological polar surface area (TPSA) is 73.6 Å². The van der Waals surface area contributed by atoms with Gasteiger partial charge in [0.1, 0.15) is 0 Å². The number of allylic oxidation sites excluding steroid dienone is 1. The Hall–Kier alpha value is -2.76. The van der Waals surface area contributed by atoms with Gasteiger partial charge in [-0.05, 0) is 23.8 Å². The van der Waals surface area contributed by atoms with E-state index in [1.165, 1.54) is 26.5 Å². The minimum atomic E-state index is -0.158. The lowest BCUT2D eigenvalue weighted by atomic mass is 10.1. The zero-order valence-electron chi connectivity index (χ0n) is 12.0. The minimum absolute atomic E-state index is 0.0734. The summed E-state index contributed by atoms with van der Waals surface area (Å²) < 4.78 is 11.7. The minimum Gasteiger partial charge on any atom is -0.502 e. The third kappa shape index (κ3) is 3.22. The second-order valence-electron chi connectivity index (χ2n) is 4.37. The van der Waals surface area contributed by atoms with Gasteiger partial charge in [0.15, 0.2) is 17.3 Å². The van der Waals surface area contributed by atoms with E-state index in [0.29, 0.717) is 11.1 Å². The number of aromatic nitrogens is 2. The van der Waals surface area contributed by atoms with Gasteiger partial charge in [0.05, 0.1) is 26.0 Å². The van der Waals surface area contributed by atoms with Crippen molar-refractivity contribution in [1.29, 1.82) is 0 Å². The van der Waals surface area contributed by atoms with Crippen LogP contribution in [-0.2, 0) is 7.05 Å². The number of nitrogens with zero attached hydrogens (tertiary/aromatic N) is 2. The summed E-state index contributed by atoms with van der Waals surface area (Å²) in [7, 11) is 4.64. The van der Waals surface area contributed by atoms with Crippen molar-refractivity contribution in [1.82, 2.24) is 9.78 Å². The van der Waals surface area contributed by atoms with E-state index in [4.69, 9.17) is 9.47 Å². The van der Waals surface area contributed by atoms with Crippen LogP contribution in [0.25, 0.3) is 6.08 Å². The summed E-state index contributed by atoms with van der Waals surface area (Å²) in [5.74, 6) is 0.329. The Morgan fingerprint density at radius 2 is 1.90 bits per heavy atom. The molecular weight excluding hydrogens is 272 g/mol. The van der Waals surface area contributed by atoms with E-state index < -0.39 is 0 Å². The van der Waals surface area contributed by atoms with Crippen LogP contribution >= 0.6 is 0 Å². The van der Waals surface area contributed by atoms with E-state index in [1.807, 2.05) is 0 Å². The number of ketones is 1. The van der Waals surface area contributed by atoms with Crippen LogP contribution in [0.4, 0.5) is 0 Å². The highest BCUT2D eigenvalue weighted by Gasteiger charge is 2.10. The summed E-state index contributed by atoms with van der Waals surface area (Å²) in [6.07, 6.45) is 6.21. The molecule has 0 unspecified atom stereocenters. The van der Waals surface area contributed by atoms with Crippen LogP contribution in [-0.4, -0.2) is 34.9 Å². The maximum atomic E-state index is 12.0. The molecular formula is C15H16N2O4. The van der Waals surface area contributed by atoms with Gasteiger partial charge in [0.25, 0.3) is 0 Å². The molecule has 0 spiro atoms. The molecule has 1 heterocycles. The molecule has 0 atom stereocenters.